The van der Waals surface area contributed by atoms with Gasteiger partial charge in [-0.05, 0) is 61.4 Å². The number of nitrogens with zero attached hydrogens (tertiary/aromatic N) is 1. The molecule has 4 heteroatoms. The van der Waals surface area contributed by atoms with E-state index >= 15 is 0 Å². The van der Waals surface area contributed by atoms with Crippen LogP contribution in [0.4, 0.5) is 11.4 Å². The highest BCUT2D eigenvalue weighted by atomic mass is 16.2. The summed E-state index contributed by atoms with van der Waals surface area (Å²) in [6.07, 6.45) is 2.14. The van der Waals surface area contributed by atoms with Crippen LogP contribution in [0.5, 0.6) is 0 Å². The molecule has 0 aromatic heterocycles. The van der Waals surface area contributed by atoms with Gasteiger partial charge in [-0.15, -0.1) is 0 Å². The van der Waals surface area contributed by atoms with Gasteiger partial charge in [0.1, 0.15) is 0 Å². The van der Waals surface area contributed by atoms with Crippen LogP contribution < -0.4 is 10.2 Å². The van der Waals surface area contributed by atoms with E-state index in [9.17, 15) is 9.59 Å². The fourth-order valence-electron chi connectivity index (χ4n) is 2.78. The molecule has 0 aliphatic carbocycles. The van der Waals surface area contributed by atoms with Crippen molar-refractivity contribution in [3.8, 4) is 0 Å². The first kappa shape index (κ1) is 18.7. The van der Waals surface area contributed by atoms with Crippen molar-refractivity contribution in [2.75, 3.05) is 30.4 Å². The van der Waals surface area contributed by atoms with Crippen molar-refractivity contribution < 1.29 is 9.59 Å². The molecule has 2 aromatic rings. The molecule has 0 unspecified atom stereocenters. The van der Waals surface area contributed by atoms with E-state index in [1.807, 2.05) is 19.2 Å². The molecule has 0 heterocycles. The molecule has 0 aliphatic rings. The van der Waals surface area contributed by atoms with Crippen LogP contribution in [0, 0.1) is 0 Å². The highest BCUT2D eigenvalue weighted by Gasteiger charge is 2.18. The van der Waals surface area contributed by atoms with E-state index in [2.05, 4.69) is 24.1 Å². The van der Waals surface area contributed by atoms with Gasteiger partial charge < -0.3 is 10.2 Å². The molecule has 25 heavy (non-hydrogen) atoms. The first-order valence-electron chi connectivity index (χ1n) is 8.82. The van der Waals surface area contributed by atoms with Gasteiger partial charge in [-0.2, -0.15) is 0 Å². The summed E-state index contributed by atoms with van der Waals surface area (Å²) in [5.41, 5.74) is 2.83. The lowest BCUT2D eigenvalue weighted by molar-refractivity contribution is 0.0817. The summed E-state index contributed by atoms with van der Waals surface area (Å²) in [5, 5.41) is 2.99. The maximum atomic E-state index is 12.5. The molecule has 0 aliphatic heterocycles. The number of rotatable bonds is 9. The third-order valence-corrected chi connectivity index (χ3v) is 4.12. The molecule has 0 radical (unpaired) electrons. The van der Waals surface area contributed by atoms with Gasteiger partial charge in [0.05, 0.1) is 0 Å². The van der Waals surface area contributed by atoms with Crippen molar-refractivity contribution in [1.29, 1.82) is 0 Å². The minimum Gasteiger partial charge on any atom is -0.388 e. The van der Waals surface area contributed by atoms with E-state index in [0.717, 1.165) is 37.3 Å². The number of hydrogen-bond donors (Lipinski definition) is 1. The summed E-state index contributed by atoms with van der Waals surface area (Å²) in [4.78, 5) is 27.1. The Labute approximate surface area is 149 Å². The number of carbonyl (C=O) groups excluding carboxylic acids is 2. The Morgan fingerprint density at radius 1 is 0.800 bits per heavy atom. The normalized spacial score (nSPS) is 10.4. The molecular formula is C21H26N2O2. The van der Waals surface area contributed by atoms with Crippen LogP contribution in [-0.2, 0) is 0 Å². The number of benzene rings is 2. The quantitative estimate of drug-likeness (QED) is 0.543. The Morgan fingerprint density at radius 3 is 1.64 bits per heavy atom. The number of anilines is 2. The van der Waals surface area contributed by atoms with Gasteiger partial charge in [0, 0.05) is 42.6 Å². The van der Waals surface area contributed by atoms with E-state index in [1.54, 1.807) is 36.4 Å². The molecule has 0 atom stereocenters. The van der Waals surface area contributed by atoms with Crippen molar-refractivity contribution in [3.05, 3.63) is 59.7 Å². The Morgan fingerprint density at radius 2 is 1.24 bits per heavy atom. The molecule has 2 rings (SSSR count). The van der Waals surface area contributed by atoms with Crippen LogP contribution in [0.2, 0.25) is 0 Å². The molecule has 4 nitrogen and oxygen atoms in total. The van der Waals surface area contributed by atoms with Gasteiger partial charge in [-0.1, -0.05) is 13.8 Å². The van der Waals surface area contributed by atoms with Gasteiger partial charge in [-0.3, -0.25) is 9.59 Å². The van der Waals surface area contributed by atoms with Crippen molar-refractivity contribution >= 4 is 22.9 Å². The van der Waals surface area contributed by atoms with E-state index in [4.69, 9.17) is 0 Å². The van der Waals surface area contributed by atoms with Crippen LogP contribution in [0.1, 0.15) is 47.4 Å². The lowest BCUT2D eigenvalue weighted by Gasteiger charge is -2.23. The van der Waals surface area contributed by atoms with Crippen LogP contribution in [0.15, 0.2) is 48.5 Å². The highest BCUT2D eigenvalue weighted by molar-refractivity contribution is 6.49. The molecular weight excluding hydrogens is 312 g/mol. The molecule has 0 amide bonds. The maximum absolute atomic E-state index is 12.5. The Bertz CT molecular complexity index is 700. The fourth-order valence-corrected chi connectivity index (χ4v) is 2.78. The van der Waals surface area contributed by atoms with Gasteiger partial charge in [0.25, 0.3) is 0 Å². The van der Waals surface area contributed by atoms with Crippen LogP contribution in [-0.4, -0.2) is 31.7 Å². The van der Waals surface area contributed by atoms with Gasteiger partial charge in [0.15, 0.2) is 0 Å². The van der Waals surface area contributed by atoms with Crippen molar-refractivity contribution in [3.63, 3.8) is 0 Å². The average Bonchev–Trinajstić information content (AvgIpc) is 2.67. The smallest absolute Gasteiger partial charge is 0.233 e. The predicted octanol–water partition coefficient (Wildman–Crippen LogP) is 4.42. The zero-order valence-corrected chi connectivity index (χ0v) is 15.2. The second-order valence-corrected chi connectivity index (χ2v) is 6.02. The molecule has 0 saturated carbocycles. The topological polar surface area (TPSA) is 49.4 Å². The third kappa shape index (κ3) is 4.69. The molecule has 132 valence electrons. The Balaban J connectivity index is 2.14. The molecule has 1 N–H and O–H groups in total. The number of Topliss-reactive ketones (excluding diaryl/α,β-unsaturated/α-hetero) is 2. The molecule has 0 spiro atoms. The monoisotopic (exact) mass is 338 g/mol. The zero-order valence-electron chi connectivity index (χ0n) is 15.2. The predicted molar refractivity (Wildman–Crippen MR) is 104 cm³/mol. The van der Waals surface area contributed by atoms with Gasteiger partial charge >= 0.3 is 0 Å². The Hall–Kier alpha value is -2.62. The average molecular weight is 338 g/mol. The number of ketones is 2. The van der Waals surface area contributed by atoms with Crippen LogP contribution >= 0.6 is 0 Å². The second kappa shape index (κ2) is 9.02. The largest absolute Gasteiger partial charge is 0.388 e. The minimum atomic E-state index is -0.477. The van der Waals surface area contributed by atoms with Crippen molar-refractivity contribution in [2.24, 2.45) is 0 Å². The van der Waals surface area contributed by atoms with Gasteiger partial charge in [0.2, 0.25) is 11.6 Å². The molecule has 0 saturated heterocycles. The molecule has 0 fully saturated rings. The number of carbonyl (C=O) groups is 2. The minimum absolute atomic E-state index is 0.409. The van der Waals surface area contributed by atoms with E-state index < -0.39 is 11.6 Å². The molecule has 0 bridgehead atoms. The lowest BCUT2D eigenvalue weighted by Crippen LogP contribution is -2.24. The third-order valence-electron chi connectivity index (χ3n) is 4.12. The standard InChI is InChI=1S/C21H26N2O2/c1-4-14-23(15-5-2)19-12-8-17(9-13-19)21(25)20(24)16-6-10-18(22-3)11-7-16/h6-13,22H,4-5,14-15H2,1-3H3. The van der Waals surface area contributed by atoms with E-state index in [0.29, 0.717) is 11.1 Å². The lowest BCUT2D eigenvalue weighted by atomic mass is 10.0. The number of hydrogen-bond acceptors (Lipinski definition) is 4. The van der Waals surface area contributed by atoms with E-state index in [-0.39, 0.29) is 0 Å². The zero-order chi connectivity index (χ0) is 18.2. The highest BCUT2D eigenvalue weighted by Crippen LogP contribution is 2.18. The maximum Gasteiger partial charge on any atom is 0.233 e. The van der Waals surface area contributed by atoms with Crippen molar-refractivity contribution in [1.82, 2.24) is 0 Å². The van der Waals surface area contributed by atoms with E-state index in [1.165, 1.54) is 0 Å². The number of nitrogens with one attached hydrogen (secondary N) is 1. The summed E-state index contributed by atoms with van der Waals surface area (Å²) in [6, 6.07) is 14.3. The summed E-state index contributed by atoms with van der Waals surface area (Å²) in [5.74, 6) is -0.948. The summed E-state index contributed by atoms with van der Waals surface area (Å²) in [6.45, 7) is 6.27. The van der Waals surface area contributed by atoms with Crippen molar-refractivity contribution in [2.45, 2.75) is 26.7 Å². The second-order valence-electron chi connectivity index (χ2n) is 6.02. The summed E-state index contributed by atoms with van der Waals surface area (Å²) < 4.78 is 0. The summed E-state index contributed by atoms with van der Waals surface area (Å²) >= 11 is 0. The summed E-state index contributed by atoms with van der Waals surface area (Å²) in [7, 11) is 1.81. The molecule has 2 aromatic carbocycles. The fraction of sp³-hybridized carbons (Fsp3) is 0.333. The van der Waals surface area contributed by atoms with Gasteiger partial charge in [-0.25, -0.2) is 0 Å². The van der Waals surface area contributed by atoms with Crippen LogP contribution in [0.3, 0.4) is 0 Å². The SMILES string of the molecule is CCCN(CCC)c1ccc(C(=O)C(=O)c2ccc(NC)cc2)cc1. The Kier molecular flexibility index (Phi) is 6.75. The first-order chi connectivity index (χ1) is 12.1. The van der Waals surface area contributed by atoms with Crippen LogP contribution in [0.25, 0.3) is 0 Å². The first-order valence-corrected chi connectivity index (χ1v) is 8.82.